The van der Waals surface area contributed by atoms with E-state index < -0.39 is 25.1 Å². The van der Waals surface area contributed by atoms with Gasteiger partial charge in [0.1, 0.15) is 0 Å². The maximum absolute atomic E-state index is 11.3. The number of sulfone groups is 2. The predicted octanol–water partition coefficient (Wildman–Crippen LogP) is 0.466. The highest BCUT2D eigenvalue weighted by Crippen LogP contribution is 2.10. The number of rotatable bonds is 7. The van der Waals surface area contributed by atoms with Crippen molar-refractivity contribution in [3.8, 4) is 0 Å². The van der Waals surface area contributed by atoms with E-state index in [0.29, 0.717) is 0 Å². The number of methoxy groups -OCH3 is 1. The van der Waals surface area contributed by atoms with Gasteiger partial charge >= 0.3 is 0 Å². The average Bonchev–Trinajstić information content (AvgIpc) is 2.18. The summed E-state index contributed by atoms with van der Waals surface area (Å²) in [6.45, 7) is 6.25. The summed E-state index contributed by atoms with van der Waals surface area (Å²) in [5, 5.41) is 1.54. The molecule has 0 aliphatic rings. The molecule has 0 aromatic rings. The van der Waals surface area contributed by atoms with Gasteiger partial charge in [-0.25, -0.2) is 16.8 Å². The molecule has 0 radical (unpaired) electrons. The minimum atomic E-state index is -3.60. The molecule has 0 N–H and O–H groups in total. The molecule has 0 aromatic heterocycles. The first-order valence-electron chi connectivity index (χ1n) is 4.03. The highest BCUT2D eigenvalue weighted by Gasteiger charge is 2.23. The molecule has 0 bridgehead atoms. The monoisotopic (exact) mass is 254 g/mol. The van der Waals surface area contributed by atoms with Gasteiger partial charge in [-0.15, -0.1) is 0 Å². The largest absolute Gasteiger partial charge is 0.365 e. The fourth-order valence-electron chi connectivity index (χ4n) is 0.867. The van der Waals surface area contributed by atoms with Crippen molar-refractivity contribution >= 4 is 19.7 Å². The molecular weight excluding hydrogens is 240 g/mol. The molecular formula is C8H14O5S2. The highest BCUT2D eigenvalue weighted by atomic mass is 32.2. The molecule has 0 spiro atoms. The zero-order valence-corrected chi connectivity index (χ0v) is 10.1. The van der Waals surface area contributed by atoms with Crippen LogP contribution in [-0.4, -0.2) is 35.1 Å². The Morgan fingerprint density at radius 2 is 1.73 bits per heavy atom. The minimum Gasteiger partial charge on any atom is -0.365 e. The maximum Gasteiger partial charge on any atom is 0.197 e. The van der Waals surface area contributed by atoms with Gasteiger partial charge in [0.2, 0.25) is 0 Å². The van der Waals surface area contributed by atoms with Crippen molar-refractivity contribution in [3.63, 3.8) is 0 Å². The van der Waals surface area contributed by atoms with Crippen LogP contribution in [0.2, 0.25) is 0 Å². The van der Waals surface area contributed by atoms with Crippen molar-refractivity contribution in [1.29, 1.82) is 0 Å². The van der Waals surface area contributed by atoms with Gasteiger partial charge in [-0.05, 0) is 0 Å². The number of hydrogen-bond donors (Lipinski definition) is 0. The molecule has 0 saturated carbocycles. The normalized spacial score (nSPS) is 14.5. The van der Waals surface area contributed by atoms with Crippen LogP contribution in [0.15, 0.2) is 24.0 Å². The quantitative estimate of drug-likeness (QED) is 0.660. The molecule has 0 aliphatic heterocycles. The Hall–Kier alpha value is -0.660. The van der Waals surface area contributed by atoms with Gasteiger partial charge in [0.05, 0.1) is 5.75 Å². The van der Waals surface area contributed by atoms with E-state index in [0.717, 1.165) is 10.8 Å². The van der Waals surface area contributed by atoms with E-state index in [2.05, 4.69) is 17.9 Å². The van der Waals surface area contributed by atoms with Crippen molar-refractivity contribution in [1.82, 2.24) is 0 Å². The second kappa shape index (κ2) is 5.43. The van der Waals surface area contributed by atoms with E-state index in [-0.39, 0.29) is 12.2 Å². The van der Waals surface area contributed by atoms with Gasteiger partial charge in [0.15, 0.2) is 25.1 Å². The second-order valence-corrected chi connectivity index (χ2v) is 6.85. The summed E-state index contributed by atoms with van der Waals surface area (Å²) in [7, 11) is -5.81. The van der Waals surface area contributed by atoms with E-state index in [1.54, 1.807) is 0 Å². The maximum atomic E-state index is 11.3. The van der Waals surface area contributed by atoms with Crippen molar-refractivity contribution < 1.29 is 21.6 Å². The van der Waals surface area contributed by atoms with E-state index in [9.17, 15) is 16.8 Å². The Balaban J connectivity index is 4.65. The van der Waals surface area contributed by atoms with Crippen LogP contribution in [0.4, 0.5) is 0 Å². The van der Waals surface area contributed by atoms with Crippen molar-refractivity contribution in [2.24, 2.45) is 0 Å². The zero-order chi connectivity index (χ0) is 12.1. The molecule has 15 heavy (non-hydrogen) atoms. The topological polar surface area (TPSA) is 77.5 Å². The first-order valence-corrected chi connectivity index (χ1v) is 7.36. The Bertz CT molecular complexity index is 418. The Labute approximate surface area is 90.3 Å². The van der Waals surface area contributed by atoms with Gasteiger partial charge in [0, 0.05) is 24.3 Å². The van der Waals surface area contributed by atoms with Crippen molar-refractivity contribution in [2.75, 3.05) is 12.9 Å². The van der Waals surface area contributed by atoms with Crippen LogP contribution < -0.4 is 0 Å². The number of hydrogen-bond acceptors (Lipinski definition) is 5. The van der Waals surface area contributed by atoms with E-state index >= 15 is 0 Å². The fourth-order valence-corrected chi connectivity index (χ4v) is 2.66. The Kier molecular flexibility index (Phi) is 5.19. The van der Waals surface area contributed by atoms with Gasteiger partial charge < -0.3 is 4.74 Å². The molecule has 0 saturated heterocycles. The molecule has 0 fully saturated rings. The lowest BCUT2D eigenvalue weighted by Crippen LogP contribution is -2.24. The Morgan fingerprint density at radius 3 is 2.07 bits per heavy atom. The van der Waals surface area contributed by atoms with Crippen LogP contribution in [0.1, 0.15) is 6.42 Å². The van der Waals surface area contributed by atoms with Crippen LogP contribution in [-0.2, 0) is 24.4 Å². The van der Waals surface area contributed by atoms with E-state index in [4.69, 9.17) is 0 Å². The summed E-state index contributed by atoms with van der Waals surface area (Å²) in [6.07, 6.45) is -0.140. The molecule has 7 heteroatoms. The Morgan fingerprint density at radius 1 is 1.20 bits per heavy atom. The first-order chi connectivity index (χ1) is 6.79. The third-order valence-electron chi connectivity index (χ3n) is 1.75. The third kappa shape index (κ3) is 4.59. The smallest absolute Gasteiger partial charge is 0.197 e. The minimum absolute atomic E-state index is 0.140. The molecule has 0 rings (SSSR count). The van der Waals surface area contributed by atoms with Crippen molar-refractivity contribution in [2.45, 2.75) is 11.9 Å². The molecule has 1 unspecified atom stereocenters. The standard InChI is InChI=1S/C8H14O5S2/c1-4-14(9,10)7-6-8(13-3)15(11,12)5-2/h4-5,8H,1-2,6-7H2,3H3. The summed E-state index contributed by atoms with van der Waals surface area (Å²) < 4.78 is 49.3. The van der Waals surface area contributed by atoms with Crippen LogP contribution in [0.25, 0.3) is 0 Å². The summed E-state index contributed by atoms with van der Waals surface area (Å²) >= 11 is 0. The zero-order valence-electron chi connectivity index (χ0n) is 8.42. The van der Waals surface area contributed by atoms with Crippen LogP contribution in [0.5, 0.6) is 0 Å². The van der Waals surface area contributed by atoms with E-state index in [1.807, 2.05) is 0 Å². The molecule has 88 valence electrons. The first kappa shape index (κ1) is 14.3. The average molecular weight is 254 g/mol. The highest BCUT2D eigenvalue weighted by molar-refractivity contribution is 7.95. The van der Waals surface area contributed by atoms with Gasteiger partial charge in [-0.3, -0.25) is 0 Å². The molecule has 0 heterocycles. The van der Waals surface area contributed by atoms with Gasteiger partial charge in [-0.1, -0.05) is 13.2 Å². The summed E-state index contributed by atoms with van der Waals surface area (Å²) in [5.41, 5.74) is -1.18. The number of ether oxygens (including phenoxy) is 1. The lowest BCUT2D eigenvalue weighted by atomic mass is 10.5. The molecule has 0 aliphatic carbocycles. The van der Waals surface area contributed by atoms with Crippen molar-refractivity contribution in [3.05, 3.63) is 24.0 Å². The lowest BCUT2D eigenvalue weighted by Gasteiger charge is -2.12. The predicted molar refractivity (Wildman–Crippen MR) is 58.5 cm³/mol. The van der Waals surface area contributed by atoms with Crippen LogP contribution in [0.3, 0.4) is 0 Å². The van der Waals surface area contributed by atoms with Crippen LogP contribution in [0, 0.1) is 0 Å². The van der Waals surface area contributed by atoms with Gasteiger partial charge in [0.25, 0.3) is 0 Å². The lowest BCUT2D eigenvalue weighted by molar-refractivity contribution is 0.162. The summed E-state index contributed by atoms with van der Waals surface area (Å²) in [4.78, 5) is 0. The fraction of sp³-hybridized carbons (Fsp3) is 0.500. The molecule has 5 nitrogen and oxygen atoms in total. The molecule has 0 amide bonds. The van der Waals surface area contributed by atoms with Gasteiger partial charge in [-0.2, -0.15) is 0 Å². The third-order valence-corrected chi connectivity index (χ3v) is 4.69. The molecule has 0 aromatic carbocycles. The van der Waals surface area contributed by atoms with E-state index in [1.165, 1.54) is 7.11 Å². The second-order valence-electron chi connectivity index (χ2n) is 2.74. The van der Waals surface area contributed by atoms with Crippen LogP contribution >= 0.6 is 0 Å². The molecule has 1 atom stereocenters. The summed E-state index contributed by atoms with van der Waals surface area (Å²) in [6, 6.07) is 0. The summed E-state index contributed by atoms with van der Waals surface area (Å²) in [5.74, 6) is -0.317. The SMILES string of the molecule is C=CS(=O)(=O)CCC(OC)S(=O)(=O)C=C.